The van der Waals surface area contributed by atoms with Crippen molar-refractivity contribution in [3.8, 4) is 17.4 Å². The van der Waals surface area contributed by atoms with E-state index in [1.807, 2.05) is 37.3 Å². The molecule has 2 rings (SSSR count). The molecule has 0 radical (unpaired) electrons. The molecule has 1 aromatic heterocycles. The number of allylic oxidation sites excluding steroid dienone is 1. The van der Waals surface area contributed by atoms with Crippen molar-refractivity contribution in [2.45, 2.75) is 13.3 Å². The Morgan fingerprint density at radius 3 is 2.68 bits per heavy atom. The van der Waals surface area contributed by atoms with Gasteiger partial charge >= 0.3 is 0 Å². The van der Waals surface area contributed by atoms with Crippen LogP contribution in [0.5, 0.6) is 17.4 Å². The summed E-state index contributed by atoms with van der Waals surface area (Å²) >= 11 is 0. The van der Waals surface area contributed by atoms with Crippen LogP contribution in [0.1, 0.15) is 11.3 Å². The first kappa shape index (κ1) is 13.1. The third kappa shape index (κ3) is 3.10. The van der Waals surface area contributed by atoms with Crippen LogP contribution < -0.4 is 9.47 Å². The van der Waals surface area contributed by atoms with Gasteiger partial charge in [-0.1, -0.05) is 24.3 Å². The monoisotopic (exact) mass is 256 g/mol. The number of methoxy groups -OCH3 is 1. The third-order valence-corrected chi connectivity index (χ3v) is 2.65. The maximum absolute atomic E-state index is 5.74. The number of nitrogens with zero attached hydrogens (tertiary/aromatic N) is 2. The van der Waals surface area contributed by atoms with Gasteiger partial charge in [-0.05, 0) is 18.6 Å². The highest BCUT2D eigenvalue weighted by Gasteiger charge is 2.10. The summed E-state index contributed by atoms with van der Waals surface area (Å²) in [5.41, 5.74) is 1.82. The summed E-state index contributed by atoms with van der Waals surface area (Å²) in [5, 5.41) is 8.14. The molecule has 0 fully saturated rings. The van der Waals surface area contributed by atoms with Crippen LogP contribution in [0.2, 0.25) is 0 Å². The van der Waals surface area contributed by atoms with Gasteiger partial charge in [-0.3, -0.25) is 0 Å². The second-order valence-corrected chi connectivity index (χ2v) is 4.07. The quantitative estimate of drug-likeness (QED) is 0.770. The fraction of sp³-hybridized carbons (Fsp3) is 0.200. The van der Waals surface area contributed by atoms with E-state index in [0.717, 1.165) is 17.0 Å². The Balaban J connectivity index is 2.30. The van der Waals surface area contributed by atoms with Gasteiger partial charge in [0.1, 0.15) is 5.75 Å². The lowest BCUT2D eigenvalue weighted by atomic mass is 10.2. The second kappa shape index (κ2) is 6.00. The molecule has 1 aromatic carbocycles. The summed E-state index contributed by atoms with van der Waals surface area (Å²) in [6, 6.07) is 9.53. The van der Waals surface area contributed by atoms with Crippen LogP contribution in [0.4, 0.5) is 0 Å². The topological polar surface area (TPSA) is 44.2 Å². The molecule has 1 heterocycles. The van der Waals surface area contributed by atoms with E-state index in [1.54, 1.807) is 13.2 Å². The number of rotatable bonds is 5. The number of benzene rings is 1. The van der Waals surface area contributed by atoms with E-state index in [1.165, 1.54) is 0 Å². The highest BCUT2D eigenvalue weighted by Crippen LogP contribution is 2.30. The Labute approximate surface area is 112 Å². The number of para-hydroxylation sites is 1. The van der Waals surface area contributed by atoms with Crippen LogP contribution in [0.15, 0.2) is 43.0 Å². The number of aryl methyl sites for hydroxylation is 1. The number of aromatic nitrogens is 2. The first-order chi connectivity index (χ1) is 9.24. The maximum atomic E-state index is 5.74. The van der Waals surface area contributed by atoms with Gasteiger partial charge in [0.2, 0.25) is 0 Å². The molecule has 98 valence electrons. The highest BCUT2D eigenvalue weighted by atomic mass is 16.5. The van der Waals surface area contributed by atoms with Crippen molar-refractivity contribution in [3.63, 3.8) is 0 Å². The Kier molecular flexibility index (Phi) is 4.13. The van der Waals surface area contributed by atoms with Crippen molar-refractivity contribution in [1.29, 1.82) is 0 Å². The average molecular weight is 256 g/mol. The normalized spacial score (nSPS) is 10.0. The first-order valence-corrected chi connectivity index (χ1v) is 5.99. The van der Waals surface area contributed by atoms with Gasteiger partial charge < -0.3 is 9.47 Å². The lowest BCUT2D eigenvalue weighted by Gasteiger charge is -2.10. The molecule has 0 aliphatic heterocycles. The third-order valence-electron chi connectivity index (χ3n) is 2.65. The fourth-order valence-corrected chi connectivity index (χ4v) is 1.64. The number of hydrogen-bond donors (Lipinski definition) is 0. The predicted molar refractivity (Wildman–Crippen MR) is 73.7 cm³/mol. The average Bonchev–Trinajstić information content (AvgIpc) is 2.43. The van der Waals surface area contributed by atoms with Crippen LogP contribution >= 0.6 is 0 Å². The maximum Gasteiger partial charge on any atom is 0.281 e. The van der Waals surface area contributed by atoms with Crippen LogP contribution in [-0.4, -0.2) is 17.3 Å². The Morgan fingerprint density at radius 1 is 1.21 bits per heavy atom. The molecule has 0 aliphatic rings. The van der Waals surface area contributed by atoms with E-state index < -0.39 is 0 Å². The molecule has 2 aromatic rings. The minimum absolute atomic E-state index is 0.365. The standard InChI is InChI=1S/C15H16N2O2/c1-4-7-12-10-14(18-3)15(17-16-12)19-13-9-6-5-8-11(13)2/h4-6,8-10H,1,7H2,2-3H3. The molecule has 19 heavy (non-hydrogen) atoms. The molecular formula is C15H16N2O2. The lowest BCUT2D eigenvalue weighted by molar-refractivity contribution is 0.363. The smallest absolute Gasteiger partial charge is 0.281 e. The largest absolute Gasteiger partial charge is 0.491 e. The molecule has 0 saturated heterocycles. The van der Waals surface area contributed by atoms with Crippen LogP contribution in [0.3, 0.4) is 0 Å². The molecule has 0 bridgehead atoms. The Bertz CT molecular complexity index is 582. The van der Waals surface area contributed by atoms with Crippen molar-refractivity contribution >= 4 is 0 Å². The van der Waals surface area contributed by atoms with Gasteiger partial charge in [-0.25, -0.2) is 0 Å². The summed E-state index contributed by atoms with van der Waals surface area (Å²) in [6.45, 7) is 5.65. The number of hydrogen-bond acceptors (Lipinski definition) is 4. The first-order valence-electron chi connectivity index (χ1n) is 5.99. The molecule has 0 unspecified atom stereocenters. The van der Waals surface area contributed by atoms with Crippen molar-refractivity contribution in [2.24, 2.45) is 0 Å². The SMILES string of the molecule is C=CCc1cc(OC)c(Oc2ccccc2C)nn1. The minimum Gasteiger partial charge on any atom is -0.491 e. The van der Waals surface area contributed by atoms with E-state index in [4.69, 9.17) is 9.47 Å². The van der Waals surface area contributed by atoms with Gasteiger partial charge in [0.15, 0.2) is 5.75 Å². The molecule has 0 atom stereocenters. The van der Waals surface area contributed by atoms with Crippen LogP contribution in [0.25, 0.3) is 0 Å². The fourth-order valence-electron chi connectivity index (χ4n) is 1.64. The van der Waals surface area contributed by atoms with E-state index in [2.05, 4.69) is 16.8 Å². The molecule has 4 heteroatoms. The predicted octanol–water partition coefficient (Wildman–Crippen LogP) is 3.31. The summed E-state index contributed by atoms with van der Waals surface area (Å²) in [7, 11) is 1.58. The molecular weight excluding hydrogens is 240 g/mol. The minimum atomic E-state index is 0.365. The van der Waals surface area contributed by atoms with Gasteiger partial charge in [0.05, 0.1) is 12.8 Å². The van der Waals surface area contributed by atoms with E-state index in [-0.39, 0.29) is 0 Å². The molecule has 0 saturated carbocycles. The Morgan fingerprint density at radius 2 is 2.00 bits per heavy atom. The zero-order valence-electron chi connectivity index (χ0n) is 11.1. The molecule has 0 N–H and O–H groups in total. The summed E-state index contributed by atoms with van der Waals surface area (Å²) < 4.78 is 11.0. The highest BCUT2D eigenvalue weighted by molar-refractivity contribution is 5.40. The molecule has 0 amide bonds. The Hall–Kier alpha value is -2.36. The van der Waals surface area contributed by atoms with E-state index in [9.17, 15) is 0 Å². The summed E-state index contributed by atoms with van der Waals surface area (Å²) in [5.74, 6) is 1.67. The van der Waals surface area contributed by atoms with Crippen molar-refractivity contribution in [2.75, 3.05) is 7.11 Å². The number of ether oxygens (including phenoxy) is 2. The van der Waals surface area contributed by atoms with E-state index >= 15 is 0 Å². The zero-order valence-corrected chi connectivity index (χ0v) is 11.1. The molecule has 4 nitrogen and oxygen atoms in total. The van der Waals surface area contributed by atoms with Gasteiger partial charge in [-0.2, -0.15) is 5.10 Å². The van der Waals surface area contributed by atoms with Crippen LogP contribution in [-0.2, 0) is 6.42 Å². The van der Waals surface area contributed by atoms with E-state index in [0.29, 0.717) is 18.1 Å². The zero-order chi connectivity index (χ0) is 13.7. The second-order valence-electron chi connectivity index (χ2n) is 4.07. The molecule has 0 aliphatic carbocycles. The van der Waals surface area contributed by atoms with Crippen molar-refractivity contribution in [1.82, 2.24) is 10.2 Å². The van der Waals surface area contributed by atoms with Gasteiger partial charge in [-0.15, -0.1) is 11.7 Å². The van der Waals surface area contributed by atoms with Gasteiger partial charge in [0, 0.05) is 12.5 Å². The van der Waals surface area contributed by atoms with Crippen molar-refractivity contribution in [3.05, 3.63) is 54.2 Å². The summed E-state index contributed by atoms with van der Waals surface area (Å²) in [4.78, 5) is 0. The lowest BCUT2D eigenvalue weighted by Crippen LogP contribution is -1.99. The van der Waals surface area contributed by atoms with Gasteiger partial charge in [0.25, 0.3) is 5.88 Å². The summed E-state index contributed by atoms with van der Waals surface area (Å²) in [6.07, 6.45) is 2.42. The van der Waals surface area contributed by atoms with Crippen molar-refractivity contribution < 1.29 is 9.47 Å². The molecule has 0 spiro atoms. The van der Waals surface area contributed by atoms with Crippen LogP contribution in [0, 0.1) is 6.92 Å².